The fourth-order valence-electron chi connectivity index (χ4n) is 2.05. The zero-order chi connectivity index (χ0) is 10.0. The minimum Gasteiger partial charge on any atom is -0.363 e. The molecule has 15 heavy (non-hydrogen) atoms. The van der Waals surface area contributed by atoms with Crippen molar-refractivity contribution in [3.63, 3.8) is 0 Å². The highest BCUT2D eigenvalue weighted by Gasteiger charge is 2.29. The maximum atomic E-state index is 5.83. The van der Waals surface area contributed by atoms with E-state index in [9.17, 15) is 0 Å². The molecule has 0 amide bonds. The summed E-state index contributed by atoms with van der Waals surface area (Å²) in [4.78, 5) is 0. The molecular weight excluding hydrogens is 230 g/mol. The summed E-state index contributed by atoms with van der Waals surface area (Å²) in [6.07, 6.45) is 2.92. The van der Waals surface area contributed by atoms with Crippen LogP contribution in [0.25, 0.3) is 0 Å². The minimum absolute atomic E-state index is 0. The van der Waals surface area contributed by atoms with Crippen molar-refractivity contribution in [2.24, 2.45) is 11.3 Å². The van der Waals surface area contributed by atoms with Gasteiger partial charge in [0.1, 0.15) is 6.23 Å². The number of thioether (sulfide) groups is 1. The fraction of sp³-hybridized carbons (Fsp3) is 1.00. The van der Waals surface area contributed by atoms with Crippen LogP contribution in [0.3, 0.4) is 0 Å². The van der Waals surface area contributed by atoms with Gasteiger partial charge in [-0.2, -0.15) is 11.8 Å². The van der Waals surface area contributed by atoms with Crippen LogP contribution in [0.15, 0.2) is 0 Å². The Labute approximate surface area is 103 Å². The second-order valence-corrected chi connectivity index (χ2v) is 6.46. The molecule has 0 spiro atoms. The third-order valence-electron chi connectivity index (χ3n) is 3.05. The maximum Gasteiger partial charge on any atom is 0.108 e. The van der Waals surface area contributed by atoms with Crippen LogP contribution in [0.1, 0.15) is 26.7 Å². The molecule has 0 aliphatic carbocycles. The van der Waals surface area contributed by atoms with E-state index < -0.39 is 0 Å². The lowest BCUT2D eigenvalue weighted by Gasteiger charge is -2.36. The van der Waals surface area contributed by atoms with E-state index in [0.717, 1.165) is 19.1 Å². The molecular formula is C11H22ClNOS. The highest BCUT2D eigenvalue weighted by atomic mass is 35.5. The molecule has 2 saturated heterocycles. The Bertz CT molecular complexity index is 185. The molecule has 0 saturated carbocycles. The van der Waals surface area contributed by atoms with E-state index in [-0.39, 0.29) is 12.4 Å². The Hall–Kier alpha value is 0.560. The lowest BCUT2D eigenvalue weighted by Crippen LogP contribution is -2.48. The van der Waals surface area contributed by atoms with Gasteiger partial charge in [-0.1, -0.05) is 13.8 Å². The van der Waals surface area contributed by atoms with Gasteiger partial charge >= 0.3 is 0 Å². The normalized spacial score (nSPS) is 34.8. The topological polar surface area (TPSA) is 21.3 Å². The Morgan fingerprint density at radius 2 is 2.27 bits per heavy atom. The highest BCUT2D eigenvalue weighted by molar-refractivity contribution is 7.99. The lowest BCUT2D eigenvalue weighted by atomic mass is 9.92. The fourth-order valence-corrected chi connectivity index (χ4v) is 3.35. The van der Waals surface area contributed by atoms with Crippen LogP contribution in [-0.4, -0.2) is 30.9 Å². The molecule has 0 aromatic heterocycles. The molecule has 2 aliphatic rings. The van der Waals surface area contributed by atoms with E-state index in [1.54, 1.807) is 0 Å². The first-order valence-electron chi connectivity index (χ1n) is 5.58. The number of ether oxygens (including phenoxy) is 1. The average Bonchev–Trinajstić information content (AvgIpc) is 2.61. The molecule has 1 N–H and O–H groups in total. The molecule has 2 atom stereocenters. The molecule has 2 fully saturated rings. The van der Waals surface area contributed by atoms with E-state index in [4.69, 9.17) is 4.74 Å². The molecule has 2 rings (SSSR count). The zero-order valence-corrected chi connectivity index (χ0v) is 11.3. The van der Waals surface area contributed by atoms with E-state index in [1.165, 1.54) is 24.3 Å². The minimum atomic E-state index is 0. The summed E-state index contributed by atoms with van der Waals surface area (Å²) in [5.41, 5.74) is 0.320. The van der Waals surface area contributed by atoms with Gasteiger partial charge in [0.15, 0.2) is 0 Å². The predicted octanol–water partition coefficient (Wildman–Crippen LogP) is 2.52. The zero-order valence-electron chi connectivity index (χ0n) is 9.62. The summed E-state index contributed by atoms with van der Waals surface area (Å²) in [6, 6.07) is 0. The Kier molecular flexibility index (Phi) is 5.23. The molecule has 4 heteroatoms. The summed E-state index contributed by atoms with van der Waals surface area (Å²) in [6.45, 7) is 6.51. The smallest absolute Gasteiger partial charge is 0.108 e. The van der Waals surface area contributed by atoms with Gasteiger partial charge in [0, 0.05) is 12.0 Å². The maximum absolute atomic E-state index is 5.83. The van der Waals surface area contributed by atoms with Crippen molar-refractivity contribution in [1.29, 1.82) is 0 Å². The Balaban J connectivity index is 0.00000112. The average molecular weight is 252 g/mol. The summed E-state index contributed by atoms with van der Waals surface area (Å²) < 4.78 is 5.83. The number of halogens is 1. The Morgan fingerprint density at radius 1 is 1.47 bits per heavy atom. The molecule has 0 aromatic rings. The first kappa shape index (κ1) is 13.6. The Morgan fingerprint density at radius 3 is 2.80 bits per heavy atom. The summed E-state index contributed by atoms with van der Waals surface area (Å²) in [5.74, 6) is 3.58. The largest absolute Gasteiger partial charge is 0.363 e. The SMILES string of the molecule is CC1(C)CNC(CC2CCSC2)OC1.Cl. The van der Waals surface area contributed by atoms with Gasteiger partial charge in [-0.3, -0.25) is 5.32 Å². The van der Waals surface area contributed by atoms with Gasteiger partial charge in [-0.15, -0.1) is 12.4 Å². The molecule has 2 nitrogen and oxygen atoms in total. The van der Waals surface area contributed by atoms with Gasteiger partial charge in [0.05, 0.1) is 6.61 Å². The first-order valence-corrected chi connectivity index (χ1v) is 6.74. The summed E-state index contributed by atoms with van der Waals surface area (Å²) >= 11 is 2.09. The van der Waals surface area contributed by atoms with Crippen LogP contribution in [0.5, 0.6) is 0 Å². The van der Waals surface area contributed by atoms with Crippen molar-refractivity contribution in [2.45, 2.75) is 32.9 Å². The molecule has 2 unspecified atom stereocenters. The number of nitrogens with one attached hydrogen (secondary N) is 1. The van der Waals surface area contributed by atoms with Gasteiger partial charge in [-0.25, -0.2) is 0 Å². The van der Waals surface area contributed by atoms with E-state index in [1.807, 2.05) is 0 Å². The molecule has 0 radical (unpaired) electrons. The van der Waals surface area contributed by atoms with Crippen LogP contribution in [-0.2, 0) is 4.74 Å². The van der Waals surface area contributed by atoms with Crippen molar-refractivity contribution in [3.05, 3.63) is 0 Å². The van der Waals surface area contributed by atoms with Crippen molar-refractivity contribution in [3.8, 4) is 0 Å². The molecule has 0 bridgehead atoms. The van der Waals surface area contributed by atoms with Crippen LogP contribution < -0.4 is 5.32 Å². The first-order chi connectivity index (χ1) is 6.66. The van der Waals surface area contributed by atoms with Gasteiger partial charge in [-0.05, 0) is 30.3 Å². The van der Waals surface area contributed by atoms with Crippen molar-refractivity contribution in [2.75, 3.05) is 24.7 Å². The van der Waals surface area contributed by atoms with Crippen molar-refractivity contribution >= 4 is 24.2 Å². The number of hydrogen-bond acceptors (Lipinski definition) is 3. The standard InChI is InChI=1S/C11H21NOS.ClH/c1-11(2)7-12-10(13-8-11)5-9-3-4-14-6-9;/h9-10,12H,3-8H2,1-2H3;1H. The summed E-state index contributed by atoms with van der Waals surface area (Å²) in [7, 11) is 0. The number of hydrogen-bond donors (Lipinski definition) is 1. The second kappa shape index (κ2) is 5.76. The third kappa shape index (κ3) is 4.14. The summed E-state index contributed by atoms with van der Waals surface area (Å²) in [5, 5.41) is 3.50. The van der Waals surface area contributed by atoms with Crippen molar-refractivity contribution < 1.29 is 4.74 Å². The van der Waals surface area contributed by atoms with Crippen LogP contribution in [0.2, 0.25) is 0 Å². The van der Waals surface area contributed by atoms with Gasteiger partial charge in [0.25, 0.3) is 0 Å². The molecule has 0 aromatic carbocycles. The van der Waals surface area contributed by atoms with Crippen LogP contribution >= 0.6 is 24.2 Å². The van der Waals surface area contributed by atoms with Crippen molar-refractivity contribution in [1.82, 2.24) is 5.32 Å². The van der Waals surface area contributed by atoms with Crippen LogP contribution in [0.4, 0.5) is 0 Å². The van der Waals surface area contributed by atoms with Gasteiger partial charge in [0.2, 0.25) is 0 Å². The highest BCUT2D eigenvalue weighted by Crippen LogP contribution is 2.29. The van der Waals surface area contributed by atoms with E-state index >= 15 is 0 Å². The molecule has 2 heterocycles. The molecule has 2 aliphatic heterocycles. The van der Waals surface area contributed by atoms with Gasteiger partial charge < -0.3 is 4.74 Å². The predicted molar refractivity (Wildman–Crippen MR) is 68.8 cm³/mol. The number of rotatable bonds is 2. The monoisotopic (exact) mass is 251 g/mol. The lowest BCUT2D eigenvalue weighted by molar-refractivity contribution is -0.0660. The third-order valence-corrected chi connectivity index (χ3v) is 4.29. The second-order valence-electron chi connectivity index (χ2n) is 5.31. The van der Waals surface area contributed by atoms with E-state index in [0.29, 0.717) is 11.6 Å². The molecule has 90 valence electrons. The van der Waals surface area contributed by atoms with Crippen LogP contribution in [0, 0.1) is 11.3 Å². The quantitative estimate of drug-likeness (QED) is 0.815. The van der Waals surface area contributed by atoms with E-state index in [2.05, 4.69) is 30.9 Å².